The number of aryl methyl sites for hydroxylation is 1. The van der Waals surface area contributed by atoms with Gasteiger partial charge >= 0.3 is 0 Å². The molecule has 0 saturated heterocycles. The van der Waals surface area contributed by atoms with E-state index >= 15 is 0 Å². The molecule has 2 rings (SSSR count). The van der Waals surface area contributed by atoms with E-state index in [0.29, 0.717) is 5.82 Å². The zero-order chi connectivity index (χ0) is 12.5. The minimum absolute atomic E-state index is 0.0761. The predicted molar refractivity (Wildman–Crippen MR) is 64.1 cm³/mol. The van der Waals surface area contributed by atoms with E-state index in [1.807, 2.05) is 0 Å². The highest BCUT2D eigenvalue weighted by Gasteiger charge is 2.19. The Bertz CT molecular complexity index is 637. The molecule has 0 atom stereocenters. The monoisotopic (exact) mass is 271 g/mol. The lowest BCUT2D eigenvalue weighted by atomic mass is 10.4. The number of rotatable bonds is 3. The molecule has 0 saturated carbocycles. The number of sulfonamides is 1. The molecule has 3 N–H and O–H groups in total. The molecule has 0 aromatic carbocycles. The van der Waals surface area contributed by atoms with Gasteiger partial charge in [0.15, 0.2) is 0 Å². The Kier molecular flexibility index (Phi) is 2.94. The Morgan fingerprint density at radius 2 is 2.24 bits per heavy atom. The van der Waals surface area contributed by atoms with Crippen LogP contribution < -0.4 is 10.5 Å². The van der Waals surface area contributed by atoms with Crippen molar-refractivity contribution in [1.29, 1.82) is 0 Å². The first kappa shape index (κ1) is 11.7. The van der Waals surface area contributed by atoms with Crippen molar-refractivity contribution in [2.75, 3.05) is 10.5 Å². The van der Waals surface area contributed by atoms with E-state index < -0.39 is 10.0 Å². The van der Waals surface area contributed by atoms with Crippen LogP contribution in [0.3, 0.4) is 0 Å². The first-order valence-corrected chi connectivity index (χ1v) is 6.77. The predicted octanol–water partition coefficient (Wildman–Crippen LogP) is 0.625. The molecular weight excluding hydrogens is 262 g/mol. The Balaban J connectivity index is 2.35. The van der Waals surface area contributed by atoms with Gasteiger partial charge in [-0.05, 0) is 13.0 Å². The van der Waals surface area contributed by atoms with Crippen LogP contribution in [0.1, 0.15) is 5.82 Å². The molecule has 0 fully saturated rings. The smallest absolute Gasteiger partial charge is 0.267 e. The molecule has 0 bridgehead atoms. The van der Waals surface area contributed by atoms with Crippen molar-refractivity contribution in [2.24, 2.45) is 0 Å². The fourth-order valence-corrected chi connectivity index (χ4v) is 3.00. The topological polar surface area (TPSA) is 111 Å². The summed E-state index contributed by atoms with van der Waals surface area (Å²) in [6, 6.07) is 1.42. The normalized spacial score (nSPS) is 11.4. The van der Waals surface area contributed by atoms with Crippen LogP contribution in [-0.4, -0.2) is 22.8 Å². The summed E-state index contributed by atoms with van der Waals surface area (Å²) >= 11 is 0.964. The van der Waals surface area contributed by atoms with Gasteiger partial charge in [-0.2, -0.15) is 4.37 Å². The zero-order valence-corrected chi connectivity index (χ0v) is 10.4. The minimum atomic E-state index is -3.76. The largest absolute Gasteiger partial charge is 0.398 e. The van der Waals surface area contributed by atoms with Gasteiger partial charge < -0.3 is 5.73 Å². The van der Waals surface area contributed by atoms with Crippen molar-refractivity contribution in [3.63, 3.8) is 0 Å². The molecule has 0 amide bonds. The van der Waals surface area contributed by atoms with E-state index in [1.54, 1.807) is 6.92 Å². The van der Waals surface area contributed by atoms with Crippen molar-refractivity contribution in [2.45, 2.75) is 11.8 Å². The lowest BCUT2D eigenvalue weighted by Gasteiger charge is -2.06. The van der Waals surface area contributed by atoms with Gasteiger partial charge in [-0.25, -0.2) is 13.4 Å². The average Bonchev–Trinajstić information content (AvgIpc) is 2.63. The molecule has 2 heterocycles. The summed E-state index contributed by atoms with van der Waals surface area (Å²) in [5, 5.41) is 0.200. The Hall–Kier alpha value is -1.74. The van der Waals surface area contributed by atoms with E-state index in [-0.39, 0.29) is 15.7 Å². The van der Waals surface area contributed by atoms with Crippen LogP contribution in [0.25, 0.3) is 0 Å². The maximum absolute atomic E-state index is 11.9. The number of nitrogens with one attached hydrogen (secondary N) is 1. The number of hydrogen-bond donors (Lipinski definition) is 2. The fourth-order valence-electron chi connectivity index (χ4n) is 1.12. The molecule has 0 aliphatic carbocycles. The molecule has 17 heavy (non-hydrogen) atoms. The highest BCUT2D eigenvalue weighted by Crippen LogP contribution is 2.20. The van der Waals surface area contributed by atoms with Gasteiger partial charge in [-0.1, -0.05) is 0 Å². The summed E-state index contributed by atoms with van der Waals surface area (Å²) in [7, 11) is -3.76. The summed E-state index contributed by atoms with van der Waals surface area (Å²) in [4.78, 5) is 7.56. The molecule has 0 radical (unpaired) electrons. The van der Waals surface area contributed by atoms with Crippen LogP contribution in [-0.2, 0) is 10.0 Å². The van der Waals surface area contributed by atoms with Crippen molar-refractivity contribution in [3.05, 3.63) is 24.3 Å². The third-order valence-electron chi connectivity index (χ3n) is 1.86. The third-order valence-corrected chi connectivity index (χ3v) is 4.09. The van der Waals surface area contributed by atoms with Gasteiger partial charge in [0, 0.05) is 23.9 Å². The van der Waals surface area contributed by atoms with Crippen molar-refractivity contribution < 1.29 is 8.42 Å². The molecule has 9 heteroatoms. The van der Waals surface area contributed by atoms with E-state index in [2.05, 4.69) is 19.1 Å². The quantitative estimate of drug-likeness (QED) is 0.846. The molecule has 90 valence electrons. The Morgan fingerprint density at radius 1 is 1.47 bits per heavy atom. The van der Waals surface area contributed by atoms with Gasteiger partial charge in [-0.15, -0.1) is 0 Å². The SMILES string of the molecule is Cc1nsc(NS(=O)(=O)c2cnccc2N)n1. The number of nitrogens with zero attached hydrogens (tertiary/aromatic N) is 3. The number of pyridine rings is 1. The third kappa shape index (κ3) is 2.50. The molecule has 0 aliphatic heterocycles. The molecule has 0 unspecified atom stereocenters. The number of aromatic nitrogens is 3. The van der Waals surface area contributed by atoms with Crippen molar-refractivity contribution >= 4 is 32.4 Å². The summed E-state index contributed by atoms with van der Waals surface area (Å²) in [5.41, 5.74) is 5.71. The number of nitrogen functional groups attached to an aromatic ring is 1. The number of hydrogen-bond acceptors (Lipinski definition) is 7. The summed E-state index contributed by atoms with van der Waals surface area (Å²) < 4.78 is 30.0. The standard InChI is InChI=1S/C8H9N5O2S2/c1-5-11-8(16-12-5)13-17(14,15)7-4-10-3-2-6(7)9/h2-4H,1H3,(H2,9,10)(H,11,12,13). The second-order valence-electron chi connectivity index (χ2n) is 3.17. The molecular formula is C8H9N5O2S2. The van der Waals surface area contributed by atoms with E-state index in [9.17, 15) is 8.42 Å². The van der Waals surface area contributed by atoms with E-state index in [0.717, 1.165) is 11.5 Å². The Labute approximate surface area is 102 Å². The second-order valence-corrected chi connectivity index (χ2v) is 5.57. The summed E-state index contributed by atoms with van der Waals surface area (Å²) in [6.45, 7) is 1.67. The van der Waals surface area contributed by atoms with E-state index in [4.69, 9.17) is 5.73 Å². The van der Waals surface area contributed by atoms with Crippen molar-refractivity contribution in [1.82, 2.24) is 14.3 Å². The highest BCUT2D eigenvalue weighted by atomic mass is 32.2. The second kappa shape index (κ2) is 4.26. The average molecular weight is 271 g/mol. The lowest BCUT2D eigenvalue weighted by Crippen LogP contribution is -2.14. The summed E-state index contributed by atoms with van der Waals surface area (Å²) in [5.74, 6) is 0.506. The van der Waals surface area contributed by atoms with Gasteiger partial charge in [0.1, 0.15) is 10.7 Å². The van der Waals surface area contributed by atoms with Crippen LogP contribution in [0.15, 0.2) is 23.4 Å². The number of anilines is 2. The molecule has 0 spiro atoms. The van der Waals surface area contributed by atoms with Crippen LogP contribution >= 0.6 is 11.5 Å². The summed E-state index contributed by atoms with van der Waals surface area (Å²) in [6.07, 6.45) is 2.61. The van der Waals surface area contributed by atoms with Crippen LogP contribution in [0.2, 0.25) is 0 Å². The zero-order valence-electron chi connectivity index (χ0n) is 8.78. The van der Waals surface area contributed by atoms with Crippen LogP contribution in [0, 0.1) is 6.92 Å². The maximum atomic E-state index is 11.9. The van der Waals surface area contributed by atoms with Gasteiger partial charge in [0.05, 0.1) is 5.69 Å². The fraction of sp³-hybridized carbons (Fsp3) is 0.125. The van der Waals surface area contributed by atoms with Gasteiger partial charge in [-0.3, -0.25) is 9.71 Å². The minimum Gasteiger partial charge on any atom is -0.398 e. The highest BCUT2D eigenvalue weighted by molar-refractivity contribution is 7.93. The molecule has 2 aromatic heterocycles. The van der Waals surface area contributed by atoms with Gasteiger partial charge in [0.2, 0.25) is 5.13 Å². The Morgan fingerprint density at radius 3 is 2.82 bits per heavy atom. The first-order valence-electron chi connectivity index (χ1n) is 4.51. The van der Waals surface area contributed by atoms with Gasteiger partial charge in [0.25, 0.3) is 10.0 Å². The van der Waals surface area contributed by atoms with Crippen LogP contribution in [0.4, 0.5) is 10.8 Å². The lowest BCUT2D eigenvalue weighted by molar-refractivity contribution is 0.601. The van der Waals surface area contributed by atoms with E-state index in [1.165, 1.54) is 18.5 Å². The van der Waals surface area contributed by atoms with Crippen molar-refractivity contribution in [3.8, 4) is 0 Å². The molecule has 0 aliphatic rings. The number of nitrogens with two attached hydrogens (primary N) is 1. The van der Waals surface area contributed by atoms with Crippen LogP contribution in [0.5, 0.6) is 0 Å². The first-order chi connectivity index (χ1) is 7.99. The molecule has 7 nitrogen and oxygen atoms in total. The maximum Gasteiger partial charge on any atom is 0.267 e. The molecule has 2 aromatic rings.